The predicted molar refractivity (Wildman–Crippen MR) is 111 cm³/mol. The molecule has 11 nitrogen and oxygen atoms in total. The minimum Gasteiger partial charge on any atom is -0.384 e. The van der Waals surface area contributed by atoms with E-state index in [9.17, 15) is 4.79 Å². The number of carbonyl (C=O) groups is 1. The van der Waals surface area contributed by atoms with E-state index >= 15 is 0 Å². The van der Waals surface area contributed by atoms with Crippen LogP contribution in [0.25, 0.3) is 16.8 Å². The van der Waals surface area contributed by atoms with Crippen molar-refractivity contribution >= 4 is 17.4 Å². The highest BCUT2D eigenvalue weighted by molar-refractivity contribution is 5.91. The number of H-pyrrole nitrogens is 1. The number of anilines is 1. The minimum atomic E-state index is -0.0685. The summed E-state index contributed by atoms with van der Waals surface area (Å²) in [5.74, 6) is 1.03. The molecule has 2 bridgehead atoms. The number of aromatic amines is 1. The molecule has 0 aliphatic carbocycles. The zero-order chi connectivity index (χ0) is 21.1. The Labute approximate surface area is 177 Å². The third kappa shape index (κ3) is 2.80. The van der Waals surface area contributed by atoms with Crippen LogP contribution in [-0.4, -0.2) is 62.5 Å². The summed E-state index contributed by atoms with van der Waals surface area (Å²) in [4.78, 5) is 23.9. The second-order valence-corrected chi connectivity index (χ2v) is 8.40. The maximum atomic E-state index is 12.9. The quantitative estimate of drug-likeness (QED) is 0.513. The van der Waals surface area contributed by atoms with Gasteiger partial charge in [0.1, 0.15) is 12.1 Å². The van der Waals surface area contributed by atoms with E-state index in [1.807, 2.05) is 24.2 Å². The first-order valence-electron chi connectivity index (χ1n) is 10.4. The lowest BCUT2D eigenvalue weighted by molar-refractivity contribution is 0.0557. The highest BCUT2D eigenvalue weighted by atomic mass is 16.2. The second-order valence-electron chi connectivity index (χ2n) is 8.40. The number of aromatic nitrogens is 8. The lowest BCUT2D eigenvalue weighted by atomic mass is 9.87. The molecular weight excluding hydrogens is 396 g/mol. The van der Waals surface area contributed by atoms with E-state index in [1.165, 1.54) is 6.33 Å². The van der Waals surface area contributed by atoms with Gasteiger partial charge in [0.25, 0.3) is 5.91 Å². The lowest BCUT2D eigenvalue weighted by Gasteiger charge is -2.38. The highest BCUT2D eigenvalue weighted by Gasteiger charge is 2.45. The minimum absolute atomic E-state index is 0.0685. The smallest absolute Gasteiger partial charge is 0.291 e. The molecular formula is C20H22N10O. The van der Waals surface area contributed by atoms with Crippen LogP contribution in [0.1, 0.15) is 47.9 Å². The van der Waals surface area contributed by atoms with Gasteiger partial charge in [0.2, 0.25) is 5.82 Å². The maximum Gasteiger partial charge on any atom is 0.291 e. The predicted octanol–water partition coefficient (Wildman–Crippen LogP) is 1.38. The van der Waals surface area contributed by atoms with Crippen molar-refractivity contribution < 1.29 is 4.79 Å². The van der Waals surface area contributed by atoms with E-state index in [0.29, 0.717) is 11.6 Å². The van der Waals surface area contributed by atoms with Crippen LogP contribution < -0.4 is 5.73 Å². The maximum absolute atomic E-state index is 12.9. The molecule has 0 unspecified atom stereocenters. The number of nitrogens with two attached hydrogens (primary N) is 1. The summed E-state index contributed by atoms with van der Waals surface area (Å²) in [6.45, 7) is 0. The number of nitrogens with zero attached hydrogens (tertiary/aromatic N) is 8. The summed E-state index contributed by atoms with van der Waals surface area (Å²) in [7, 11) is 1.88. The number of carbonyl (C=O) groups excluding carboxylic acids is 1. The molecule has 158 valence electrons. The number of rotatable bonds is 3. The Balaban J connectivity index is 1.33. The number of nitrogens with one attached hydrogen (secondary N) is 1. The fourth-order valence-corrected chi connectivity index (χ4v) is 5.16. The normalized spacial score (nSPS) is 23.0. The molecule has 31 heavy (non-hydrogen) atoms. The monoisotopic (exact) mass is 418 g/mol. The number of hydrogen-bond acceptors (Lipinski definition) is 7. The van der Waals surface area contributed by atoms with Gasteiger partial charge in [-0.05, 0) is 25.7 Å². The van der Waals surface area contributed by atoms with Crippen LogP contribution in [0.2, 0.25) is 0 Å². The third-order valence-corrected chi connectivity index (χ3v) is 6.54. The fraction of sp³-hybridized carbons (Fsp3) is 0.400. The molecule has 4 aromatic heterocycles. The van der Waals surface area contributed by atoms with E-state index in [4.69, 9.17) is 10.7 Å². The summed E-state index contributed by atoms with van der Waals surface area (Å²) in [6, 6.07) is 2.26. The Morgan fingerprint density at radius 3 is 2.68 bits per heavy atom. The zero-order valence-electron chi connectivity index (χ0n) is 17.0. The molecule has 4 aromatic rings. The van der Waals surface area contributed by atoms with Crippen LogP contribution >= 0.6 is 0 Å². The average molecular weight is 418 g/mol. The van der Waals surface area contributed by atoms with Crippen LogP contribution in [0.4, 0.5) is 5.82 Å². The van der Waals surface area contributed by atoms with Gasteiger partial charge in [-0.2, -0.15) is 19.8 Å². The van der Waals surface area contributed by atoms with Crippen molar-refractivity contribution in [2.75, 3.05) is 5.73 Å². The Kier molecular flexibility index (Phi) is 3.86. The number of aryl methyl sites for hydroxylation is 1. The Morgan fingerprint density at radius 1 is 1.19 bits per heavy atom. The highest BCUT2D eigenvalue weighted by Crippen LogP contribution is 2.43. The van der Waals surface area contributed by atoms with Gasteiger partial charge in [-0.3, -0.25) is 14.6 Å². The van der Waals surface area contributed by atoms with E-state index in [1.54, 1.807) is 21.6 Å². The molecule has 0 saturated carbocycles. The van der Waals surface area contributed by atoms with Gasteiger partial charge in [-0.1, -0.05) is 0 Å². The average Bonchev–Trinajstić information content (AvgIpc) is 3.54. The molecule has 2 saturated heterocycles. The molecule has 2 fully saturated rings. The number of fused-ring (bicyclic) bond motifs is 3. The first-order chi connectivity index (χ1) is 15.1. The molecule has 11 heteroatoms. The van der Waals surface area contributed by atoms with Gasteiger partial charge in [0, 0.05) is 54.1 Å². The SMILES string of the molecule is Cn1cc(-c2cnn3c(N)cc(C4C[C@H]5CC[C@H](C4)N5C(=O)c4ncn[nH]4)nc23)cn1. The van der Waals surface area contributed by atoms with E-state index in [0.717, 1.165) is 48.2 Å². The molecule has 2 atom stereocenters. The van der Waals surface area contributed by atoms with Crippen molar-refractivity contribution in [1.29, 1.82) is 0 Å². The number of piperidine rings is 1. The van der Waals surface area contributed by atoms with Crippen LogP contribution in [0, 0.1) is 0 Å². The van der Waals surface area contributed by atoms with Crippen molar-refractivity contribution in [2.24, 2.45) is 7.05 Å². The first-order valence-corrected chi connectivity index (χ1v) is 10.4. The molecule has 6 rings (SSSR count). The number of amides is 1. The first kappa shape index (κ1) is 18.0. The Bertz CT molecular complexity index is 1260. The molecule has 6 heterocycles. The third-order valence-electron chi connectivity index (χ3n) is 6.54. The van der Waals surface area contributed by atoms with E-state index in [2.05, 4.69) is 25.4 Å². The largest absolute Gasteiger partial charge is 0.384 e. The van der Waals surface area contributed by atoms with Crippen molar-refractivity contribution in [3.63, 3.8) is 0 Å². The fourth-order valence-electron chi connectivity index (χ4n) is 5.16. The zero-order valence-corrected chi connectivity index (χ0v) is 17.0. The van der Waals surface area contributed by atoms with E-state index in [-0.39, 0.29) is 23.9 Å². The van der Waals surface area contributed by atoms with Crippen LogP contribution in [0.3, 0.4) is 0 Å². The van der Waals surface area contributed by atoms with Gasteiger partial charge in [-0.15, -0.1) is 0 Å². The molecule has 1 amide bonds. The second kappa shape index (κ2) is 6.62. The van der Waals surface area contributed by atoms with Crippen molar-refractivity contribution in [3.05, 3.63) is 42.5 Å². The summed E-state index contributed by atoms with van der Waals surface area (Å²) in [5.41, 5.74) is 9.89. The molecule has 2 aliphatic rings. The number of nitrogen functional groups attached to an aromatic ring is 1. The molecule has 3 N–H and O–H groups in total. The Hall–Kier alpha value is -3.76. The van der Waals surface area contributed by atoms with Gasteiger partial charge in [0.15, 0.2) is 5.65 Å². The number of hydrogen-bond donors (Lipinski definition) is 2. The Morgan fingerprint density at radius 2 is 2.00 bits per heavy atom. The molecule has 0 spiro atoms. The van der Waals surface area contributed by atoms with Crippen molar-refractivity contribution in [3.8, 4) is 11.1 Å². The van der Waals surface area contributed by atoms with Gasteiger partial charge in [0.05, 0.1) is 12.4 Å². The summed E-state index contributed by atoms with van der Waals surface area (Å²) in [5, 5.41) is 15.2. The van der Waals surface area contributed by atoms with Crippen LogP contribution in [0.15, 0.2) is 31.0 Å². The standard InChI is InChI=1S/C20H22N10O/c1-28-9-12(7-24-28)15-8-25-30-17(21)6-16(26-19(15)30)11-4-13-2-3-14(5-11)29(13)20(31)18-22-10-23-27-18/h6-11,13-14H,2-5,21H2,1H3,(H,22,23,27)/t13-,14-/m1/s1. The summed E-state index contributed by atoms with van der Waals surface area (Å²) < 4.78 is 3.42. The molecule has 2 aliphatic heterocycles. The van der Waals surface area contributed by atoms with Gasteiger partial charge < -0.3 is 10.6 Å². The summed E-state index contributed by atoms with van der Waals surface area (Å²) >= 11 is 0. The lowest BCUT2D eigenvalue weighted by Crippen LogP contribution is -2.46. The topological polar surface area (TPSA) is 136 Å². The van der Waals surface area contributed by atoms with Gasteiger partial charge in [-0.25, -0.2) is 9.97 Å². The summed E-state index contributed by atoms with van der Waals surface area (Å²) in [6.07, 6.45) is 10.6. The van der Waals surface area contributed by atoms with Crippen molar-refractivity contribution in [2.45, 2.75) is 43.7 Å². The van der Waals surface area contributed by atoms with Crippen LogP contribution in [0.5, 0.6) is 0 Å². The van der Waals surface area contributed by atoms with Crippen LogP contribution in [-0.2, 0) is 7.05 Å². The molecule has 0 aromatic carbocycles. The van der Waals surface area contributed by atoms with E-state index < -0.39 is 0 Å². The molecule has 0 radical (unpaired) electrons. The van der Waals surface area contributed by atoms with Gasteiger partial charge >= 0.3 is 0 Å². The van der Waals surface area contributed by atoms with Crippen molar-refractivity contribution in [1.82, 2.24) is 44.5 Å².